The Morgan fingerprint density at radius 2 is 2.00 bits per heavy atom. The van der Waals surface area contributed by atoms with Crippen LogP contribution in [0.15, 0.2) is 46.9 Å². The summed E-state index contributed by atoms with van der Waals surface area (Å²) in [6.45, 7) is 1.99. The van der Waals surface area contributed by atoms with E-state index >= 15 is 0 Å². The van der Waals surface area contributed by atoms with E-state index in [0.29, 0.717) is 17.0 Å². The smallest absolute Gasteiger partial charge is 0.134 e. The fourth-order valence-electron chi connectivity index (χ4n) is 2.63. The topological polar surface area (TPSA) is 39.2 Å². The van der Waals surface area contributed by atoms with E-state index in [1.807, 2.05) is 31.2 Å². The van der Waals surface area contributed by atoms with Gasteiger partial charge in [-0.15, -0.1) is 0 Å². The number of fused-ring (bicyclic) bond motifs is 1. The van der Waals surface area contributed by atoms with E-state index in [1.165, 1.54) is 12.1 Å². The van der Waals surface area contributed by atoms with Crippen LogP contribution in [0.3, 0.4) is 0 Å². The number of furan rings is 1. The van der Waals surface area contributed by atoms with Crippen molar-refractivity contribution in [3.8, 4) is 0 Å². The number of para-hydroxylation sites is 1. The van der Waals surface area contributed by atoms with Crippen LogP contribution < -0.4 is 5.73 Å². The van der Waals surface area contributed by atoms with E-state index in [9.17, 15) is 4.39 Å². The van der Waals surface area contributed by atoms with Gasteiger partial charge in [0, 0.05) is 28.0 Å². The third-order valence-electron chi connectivity index (χ3n) is 3.64. The Labute approximate surface area is 127 Å². The van der Waals surface area contributed by atoms with Crippen molar-refractivity contribution in [3.63, 3.8) is 0 Å². The second-order valence-electron chi connectivity index (χ2n) is 4.93. The highest BCUT2D eigenvalue weighted by atomic mass is 35.5. The number of aryl methyl sites for hydroxylation is 1. The van der Waals surface area contributed by atoms with Crippen molar-refractivity contribution in [3.05, 3.63) is 70.2 Å². The summed E-state index contributed by atoms with van der Waals surface area (Å²) in [6.07, 6.45) is 0.694. The Bertz CT molecular complexity index is 797. The van der Waals surface area contributed by atoms with Crippen molar-refractivity contribution in [2.24, 2.45) is 5.73 Å². The second-order valence-corrected chi connectivity index (χ2v) is 5.37. The van der Waals surface area contributed by atoms with Gasteiger partial charge in [0.05, 0.1) is 6.04 Å². The van der Waals surface area contributed by atoms with Crippen LogP contribution in [-0.4, -0.2) is 0 Å². The Balaban J connectivity index is 2.21. The molecule has 4 heteroatoms. The number of benzene rings is 2. The summed E-state index contributed by atoms with van der Waals surface area (Å²) in [5, 5.41) is 1.38. The first-order chi connectivity index (χ1) is 10.1. The van der Waals surface area contributed by atoms with Crippen LogP contribution >= 0.6 is 11.6 Å². The molecule has 1 aromatic heterocycles. The first-order valence-corrected chi connectivity index (χ1v) is 7.20. The Morgan fingerprint density at radius 1 is 1.24 bits per heavy atom. The monoisotopic (exact) mass is 303 g/mol. The molecule has 21 heavy (non-hydrogen) atoms. The number of hydrogen-bond acceptors (Lipinski definition) is 2. The van der Waals surface area contributed by atoms with Gasteiger partial charge in [0.15, 0.2) is 0 Å². The van der Waals surface area contributed by atoms with Gasteiger partial charge in [-0.05, 0) is 24.3 Å². The molecule has 0 saturated carbocycles. The lowest BCUT2D eigenvalue weighted by Gasteiger charge is -2.14. The first-order valence-electron chi connectivity index (χ1n) is 6.82. The molecule has 0 radical (unpaired) electrons. The van der Waals surface area contributed by atoms with E-state index in [0.717, 1.165) is 22.3 Å². The van der Waals surface area contributed by atoms with Crippen LogP contribution in [0.25, 0.3) is 11.0 Å². The molecule has 2 aromatic carbocycles. The summed E-state index contributed by atoms with van der Waals surface area (Å²) in [5.74, 6) is 0.419. The predicted molar refractivity (Wildman–Crippen MR) is 83.0 cm³/mol. The molecule has 0 aliphatic heterocycles. The molecule has 2 nitrogen and oxygen atoms in total. The predicted octanol–water partition coefficient (Wildman–Crippen LogP) is 4.84. The zero-order valence-electron chi connectivity index (χ0n) is 11.6. The fourth-order valence-corrected chi connectivity index (χ4v) is 2.81. The number of nitrogens with two attached hydrogens (primary N) is 1. The molecule has 1 atom stereocenters. The van der Waals surface area contributed by atoms with Gasteiger partial charge in [-0.3, -0.25) is 0 Å². The van der Waals surface area contributed by atoms with Gasteiger partial charge < -0.3 is 10.2 Å². The molecule has 2 N–H and O–H groups in total. The maximum Gasteiger partial charge on any atom is 0.134 e. The van der Waals surface area contributed by atoms with Crippen LogP contribution in [0, 0.1) is 5.82 Å². The van der Waals surface area contributed by atoms with Gasteiger partial charge >= 0.3 is 0 Å². The van der Waals surface area contributed by atoms with Gasteiger partial charge in [0.2, 0.25) is 0 Å². The van der Waals surface area contributed by atoms with Gasteiger partial charge in [-0.25, -0.2) is 4.39 Å². The molecule has 0 aliphatic rings. The zero-order valence-corrected chi connectivity index (χ0v) is 12.3. The molecule has 1 unspecified atom stereocenters. The summed E-state index contributed by atoms with van der Waals surface area (Å²) in [7, 11) is 0. The molecular formula is C17H15ClFNO. The number of hydrogen-bond donors (Lipinski definition) is 1. The van der Waals surface area contributed by atoms with Crippen molar-refractivity contribution in [2.75, 3.05) is 0 Å². The summed E-state index contributed by atoms with van der Waals surface area (Å²) >= 11 is 5.97. The minimum Gasteiger partial charge on any atom is -0.461 e. The lowest BCUT2D eigenvalue weighted by Crippen LogP contribution is -2.14. The van der Waals surface area contributed by atoms with E-state index in [1.54, 1.807) is 6.07 Å². The molecule has 0 amide bonds. The average Bonchev–Trinajstić information content (AvgIpc) is 2.87. The van der Waals surface area contributed by atoms with Crippen molar-refractivity contribution < 1.29 is 8.81 Å². The summed E-state index contributed by atoms with van der Waals surface area (Å²) in [6, 6.07) is 11.5. The first kappa shape index (κ1) is 14.1. The molecule has 108 valence electrons. The molecule has 0 aliphatic carbocycles. The molecule has 0 saturated heterocycles. The third-order valence-corrected chi connectivity index (χ3v) is 3.87. The van der Waals surface area contributed by atoms with E-state index < -0.39 is 6.04 Å². The lowest BCUT2D eigenvalue weighted by atomic mass is 9.95. The molecule has 1 heterocycles. The third kappa shape index (κ3) is 2.43. The standard InChI is InChI=1S/C17H15ClFNO/c1-2-14-16(11-5-3-4-6-15(11)21-14)17(20)12-9-10(18)7-8-13(12)19/h3-9,17H,2,20H2,1H3. The van der Waals surface area contributed by atoms with E-state index in [-0.39, 0.29) is 5.82 Å². The minimum absolute atomic E-state index is 0.362. The molecule has 3 rings (SSSR count). The molecule has 3 aromatic rings. The SMILES string of the molecule is CCc1oc2ccccc2c1C(N)c1cc(Cl)ccc1F. The zero-order chi connectivity index (χ0) is 15.0. The van der Waals surface area contributed by atoms with Crippen LogP contribution in [0.1, 0.15) is 29.9 Å². The van der Waals surface area contributed by atoms with E-state index in [2.05, 4.69) is 0 Å². The van der Waals surface area contributed by atoms with Crippen LogP contribution in [-0.2, 0) is 6.42 Å². The second kappa shape index (κ2) is 5.51. The highest BCUT2D eigenvalue weighted by Crippen LogP contribution is 2.34. The normalized spacial score (nSPS) is 12.8. The number of halogens is 2. The Hall–Kier alpha value is -1.84. The highest BCUT2D eigenvalue weighted by molar-refractivity contribution is 6.30. The van der Waals surface area contributed by atoms with Gasteiger partial charge in [-0.2, -0.15) is 0 Å². The average molecular weight is 304 g/mol. The minimum atomic E-state index is -0.609. The quantitative estimate of drug-likeness (QED) is 0.752. The highest BCUT2D eigenvalue weighted by Gasteiger charge is 2.22. The Morgan fingerprint density at radius 3 is 2.76 bits per heavy atom. The molecular weight excluding hydrogens is 289 g/mol. The maximum atomic E-state index is 14.1. The molecule has 0 spiro atoms. The largest absolute Gasteiger partial charge is 0.461 e. The van der Waals surface area contributed by atoms with E-state index in [4.69, 9.17) is 21.8 Å². The van der Waals surface area contributed by atoms with Crippen molar-refractivity contribution in [1.82, 2.24) is 0 Å². The van der Waals surface area contributed by atoms with Gasteiger partial charge in [-0.1, -0.05) is 36.7 Å². The summed E-state index contributed by atoms with van der Waals surface area (Å²) in [5.41, 5.74) is 8.29. The van der Waals surface area contributed by atoms with Crippen molar-refractivity contribution in [2.45, 2.75) is 19.4 Å². The Kier molecular flexibility index (Phi) is 3.70. The summed E-state index contributed by atoms with van der Waals surface area (Å²) in [4.78, 5) is 0. The number of rotatable bonds is 3. The van der Waals surface area contributed by atoms with Crippen LogP contribution in [0.4, 0.5) is 4.39 Å². The lowest BCUT2D eigenvalue weighted by molar-refractivity contribution is 0.543. The molecule has 0 fully saturated rings. The van der Waals surface area contributed by atoms with Crippen LogP contribution in [0.5, 0.6) is 0 Å². The summed E-state index contributed by atoms with van der Waals surface area (Å²) < 4.78 is 19.9. The van der Waals surface area contributed by atoms with Crippen LogP contribution in [0.2, 0.25) is 5.02 Å². The van der Waals surface area contributed by atoms with Gasteiger partial charge in [0.1, 0.15) is 17.2 Å². The maximum absolute atomic E-state index is 14.1. The van der Waals surface area contributed by atoms with Crippen molar-refractivity contribution in [1.29, 1.82) is 0 Å². The van der Waals surface area contributed by atoms with Gasteiger partial charge in [0.25, 0.3) is 0 Å². The molecule has 0 bridgehead atoms. The van der Waals surface area contributed by atoms with Crippen molar-refractivity contribution >= 4 is 22.6 Å². The fraction of sp³-hybridized carbons (Fsp3) is 0.176.